The van der Waals surface area contributed by atoms with Crippen LogP contribution >= 0.6 is 23.2 Å². The first-order chi connectivity index (χ1) is 23.9. The number of pyridine rings is 1. The van der Waals surface area contributed by atoms with E-state index < -0.39 is 26.3 Å². The molecule has 12 heteroatoms. The molecule has 1 aliphatic heterocycles. The van der Waals surface area contributed by atoms with Crippen LogP contribution in [-0.4, -0.2) is 60.2 Å². The van der Waals surface area contributed by atoms with E-state index in [9.17, 15) is 15.2 Å². The van der Waals surface area contributed by atoms with Crippen molar-refractivity contribution in [2.24, 2.45) is 0 Å². The Kier molecular flexibility index (Phi) is 11.3. The van der Waals surface area contributed by atoms with Gasteiger partial charge in [-0.25, -0.2) is 14.2 Å². The lowest BCUT2D eigenvalue weighted by molar-refractivity contribution is 0.00624. The molecular weight excluding hydrogens is 706 g/mol. The first kappa shape index (κ1) is 38.8. The van der Waals surface area contributed by atoms with Crippen LogP contribution in [0.4, 0.5) is 14.9 Å². The minimum Gasteiger partial charge on any atom is -0.444 e. The highest BCUT2D eigenvalue weighted by atomic mass is 35.5. The standard InChI is InChI=1S/C39H47Cl2FN4O4Si/c1-38(2,3)50-37(48)46-17-15-25(19-26(46)16-18-49-51(7,8)39(4,5)6)44-34-28-20-30(40)32(33(42)35(28)45-36(41)29(34)22-47)27-14-10-12-23-11-9-13-24(21-43)31(23)27/h9-14,20,25-26,47H,15-19,22H2,1-8H3,(H,44,45)/t25-,26+/m0/s1. The number of aliphatic hydroxyl groups is 1. The third-order valence-electron chi connectivity index (χ3n) is 10.1. The summed E-state index contributed by atoms with van der Waals surface area (Å²) in [7, 11) is -2.03. The van der Waals surface area contributed by atoms with E-state index >= 15 is 4.39 Å². The number of carbonyl (C=O) groups excluding carboxylic acids is 1. The second-order valence-corrected chi connectivity index (χ2v) is 21.3. The number of hydrogen-bond donors (Lipinski definition) is 2. The monoisotopic (exact) mass is 752 g/mol. The van der Waals surface area contributed by atoms with Gasteiger partial charge in [-0.1, -0.05) is 74.3 Å². The van der Waals surface area contributed by atoms with E-state index in [1.807, 2.05) is 32.9 Å². The number of benzene rings is 3. The number of hydrogen-bond acceptors (Lipinski definition) is 7. The van der Waals surface area contributed by atoms with Crippen LogP contribution in [0.5, 0.6) is 0 Å². The Balaban J connectivity index is 1.53. The molecule has 2 heterocycles. The Morgan fingerprint density at radius 2 is 1.84 bits per heavy atom. The number of ether oxygens (including phenoxy) is 1. The average Bonchev–Trinajstić information content (AvgIpc) is 3.04. The Morgan fingerprint density at radius 3 is 2.47 bits per heavy atom. The van der Waals surface area contributed by atoms with Crippen molar-refractivity contribution in [3.63, 3.8) is 0 Å². The number of nitriles is 1. The van der Waals surface area contributed by atoms with E-state index in [2.05, 4.69) is 50.2 Å². The summed E-state index contributed by atoms with van der Waals surface area (Å²) in [5.74, 6) is -0.687. The van der Waals surface area contributed by atoms with Gasteiger partial charge in [0, 0.05) is 47.1 Å². The molecule has 0 radical (unpaired) electrons. The highest BCUT2D eigenvalue weighted by molar-refractivity contribution is 6.74. The highest BCUT2D eigenvalue weighted by Crippen LogP contribution is 2.44. The predicted octanol–water partition coefficient (Wildman–Crippen LogP) is 10.5. The molecule has 0 spiro atoms. The molecule has 2 N–H and O–H groups in total. The molecule has 4 aromatic rings. The molecule has 2 atom stereocenters. The molecule has 0 saturated carbocycles. The first-order valence-electron chi connectivity index (χ1n) is 17.3. The number of rotatable bonds is 8. The lowest BCUT2D eigenvalue weighted by Gasteiger charge is -2.42. The number of amides is 1. The van der Waals surface area contributed by atoms with Gasteiger partial charge in [0.25, 0.3) is 0 Å². The molecule has 1 amide bonds. The lowest BCUT2D eigenvalue weighted by Crippen LogP contribution is -2.51. The van der Waals surface area contributed by atoms with Gasteiger partial charge in [-0.3, -0.25) is 0 Å². The third-order valence-corrected chi connectivity index (χ3v) is 15.2. The zero-order chi connectivity index (χ0) is 37.5. The Morgan fingerprint density at radius 1 is 1.16 bits per heavy atom. The van der Waals surface area contributed by atoms with Crippen LogP contribution in [0.25, 0.3) is 32.8 Å². The zero-order valence-corrected chi connectivity index (χ0v) is 33.1. The van der Waals surface area contributed by atoms with Crippen molar-refractivity contribution < 1.29 is 23.5 Å². The molecule has 3 aromatic carbocycles. The molecular formula is C39H47Cl2FN4O4Si. The second kappa shape index (κ2) is 14.9. The van der Waals surface area contributed by atoms with Gasteiger partial charge in [-0.15, -0.1) is 0 Å². The van der Waals surface area contributed by atoms with Crippen LogP contribution in [0, 0.1) is 17.1 Å². The number of nitrogens with zero attached hydrogens (tertiary/aromatic N) is 3. The molecule has 0 aliphatic carbocycles. The van der Waals surface area contributed by atoms with Gasteiger partial charge in [-0.2, -0.15) is 5.26 Å². The van der Waals surface area contributed by atoms with E-state index in [0.29, 0.717) is 65.6 Å². The number of nitrogens with one attached hydrogen (secondary N) is 1. The van der Waals surface area contributed by atoms with Crippen molar-refractivity contribution in [3.05, 3.63) is 69.6 Å². The quantitative estimate of drug-likeness (QED) is 0.136. The van der Waals surface area contributed by atoms with E-state index in [1.165, 1.54) is 0 Å². The van der Waals surface area contributed by atoms with Gasteiger partial charge >= 0.3 is 6.09 Å². The van der Waals surface area contributed by atoms with Gasteiger partial charge in [0.2, 0.25) is 0 Å². The number of piperidine rings is 1. The molecule has 8 nitrogen and oxygen atoms in total. The van der Waals surface area contributed by atoms with Crippen molar-refractivity contribution >= 4 is 65.0 Å². The van der Waals surface area contributed by atoms with E-state index in [4.69, 9.17) is 32.4 Å². The summed E-state index contributed by atoms with van der Waals surface area (Å²) in [4.78, 5) is 19.6. The highest BCUT2D eigenvalue weighted by Gasteiger charge is 2.39. The third kappa shape index (κ3) is 8.13. The second-order valence-electron chi connectivity index (χ2n) is 15.8. The topological polar surface area (TPSA) is 108 Å². The largest absolute Gasteiger partial charge is 0.444 e. The van der Waals surface area contributed by atoms with Gasteiger partial charge < -0.3 is 24.5 Å². The number of likely N-dealkylation sites (tertiary alicyclic amines) is 1. The number of aromatic nitrogens is 1. The summed E-state index contributed by atoms with van der Waals surface area (Å²) < 4.78 is 29.1. The van der Waals surface area contributed by atoms with Gasteiger partial charge in [0.05, 0.1) is 28.9 Å². The van der Waals surface area contributed by atoms with Crippen LogP contribution in [0.15, 0.2) is 42.5 Å². The number of carbonyl (C=O) groups is 1. The van der Waals surface area contributed by atoms with Crippen LogP contribution in [0.1, 0.15) is 71.9 Å². The minimum absolute atomic E-state index is 0.0175. The van der Waals surface area contributed by atoms with Crippen LogP contribution < -0.4 is 5.32 Å². The van der Waals surface area contributed by atoms with Crippen molar-refractivity contribution in [1.82, 2.24) is 9.88 Å². The van der Waals surface area contributed by atoms with Crippen LogP contribution in [0.3, 0.4) is 0 Å². The number of anilines is 1. The molecule has 51 heavy (non-hydrogen) atoms. The minimum atomic E-state index is -2.03. The molecule has 272 valence electrons. The average molecular weight is 754 g/mol. The number of aliphatic hydroxyl groups excluding tert-OH is 1. The van der Waals surface area contributed by atoms with Crippen molar-refractivity contribution in [2.45, 2.75) is 103 Å². The summed E-state index contributed by atoms with van der Waals surface area (Å²) in [6.45, 7) is 17.0. The smallest absolute Gasteiger partial charge is 0.410 e. The summed E-state index contributed by atoms with van der Waals surface area (Å²) >= 11 is 13.5. The lowest BCUT2D eigenvalue weighted by atomic mass is 9.92. The van der Waals surface area contributed by atoms with Crippen molar-refractivity contribution in [3.8, 4) is 17.2 Å². The number of halogens is 3. The molecule has 1 aliphatic rings. The summed E-state index contributed by atoms with van der Waals surface area (Å²) in [6.07, 6.45) is 1.34. The van der Waals surface area contributed by atoms with E-state index in [0.717, 1.165) is 5.39 Å². The molecule has 1 saturated heterocycles. The van der Waals surface area contributed by atoms with Crippen LogP contribution in [-0.2, 0) is 15.8 Å². The van der Waals surface area contributed by atoms with Gasteiger partial charge in [-0.05, 0) is 81.2 Å². The Labute approximate surface area is 311 Å². The maximum atomic E-state index is 16.8. The summed E-state index contributed by atoms with van der Waals surface area (Å²) in [5.41, 5.74) is 1.04. The maximum absolute atomic E-state index is 16.8. The molecule has 0 bridgehead atoms. The van der Waals surface area contributed by atoms with Gasteiger partial charge in [0.1, 0.15) is 16.3 Å². The molecule has 0 unspecified atom stereocenters. The molecule has 1 aromatic heterocycles. The summed E-state index contributed by atoms with van der Waals surface area (Å²) in [6, 6.07) is 14.2. The SMILES string of the molecule is CC(C)(C)OC(=O)N1CC[C@H](Nc2c(CO)c(Cl)nc3c(F)c(-c4cccc5cccc(C#N)c45)c(Cl)cc23)C[C@H]1CCO[Si](C)(C)C(C)(C)C. The van der Waals surface area contributed by atoms with Gasteiger partial charge in [0.15, 0.2) is 14.1 Å². The van der Waals surface area contributed by atoms with Crippen LogP contribution in [0.2, 0.25) is 28.3 Å². The van der Waals surface area contributed by atoms with E-state index in [-0.39, 0.29) is 44.5 Å². The van der Waals surface area contributed by atoms with E-state index in [1.54, 1.807) is 35.2 Å². The first-order valence-corrected chi connectivity index (χ1v) is 21.0. The fourth-order valence-electron chi connectivity index (χ4n) is 6.43. The maximum Gasteiger partial charge on any atom is 0.410 e. The fourth-order valence-corrected chi connectivity index (χ4v) is 8.02. The summed E-state index contributed by atoms with van der Waals surface area (Å²) in [5, 5.41) is 25.7. The normalized spacial score (nSPS) is 17.1. The fraction of sp³-hybridized carbons (Fsp3) is 0.462. The Bertz CT molecular complexity index is 2000. The number of fused-ring (bicyclic) bond motifs is 2. The zero-order valence-electron chi connectivity index (χ0n) is 30.6. The predicted molar refractivity (Wildman–Crippen MR) is 206 cm³/mol. The van der Waals surface area contributed by atoms with Crippen molar-refractivity contribution in [1.29, 1.82) is 5.26 Å². The van der Waals surface area contributed by atoms with Crippen molar-refractivity contribution in [2.75, 3.05) is 18.5 Å². The molecule has 1 fully saturated rings. The Hall–Kier alpha value is -3.46. The molecule has 5 rings (SSSR count).